The third-order valence-electron chi connectivity index (χ3n) is 4.98. The fraction of sp³-hybridized carbons (Fsp3) is 0.579. The zero-order valence-electron chi connectivity index (χ0n) is 15.5. The first kappa shape index (κ1) is 18.5. The summed E-state index contributed by atoms with van der Waals surface area (Å²) < 4.78 is 11.5. The Hall–Kier alpha value is -2.28. The van der Waals surface area contributed by atoms with Gasteiger partial charge in [0, 0.05) is 38.9 Å². The maximum Gasteiger partial charge on any atom is 0.275 e. The lowest BCUT2D eigenvalue weighted by Gasteiger charge is -2.22. The highest BCUT2D eigenvalue weighted by molar-refractivity contribution is 5.84. The Labute approximate surface area is 154 Å². The Morgan fingerprint density at radius 2 is 1.96 bits per heavy atom. The summed E-state index contributed by atoms with van der Waals surface area (Å²) in [5, 5.41) is 2.73. The Morgan fingerprint density at radius 3 is 2.73 bits per heavy atom. The molecule has 0 saturated carbocycles. The number of benzene rings is 1. The van der Waals surface area contributed by atoms with Gasteiger partial charge in [-0.1, -0.05) is 0 Å². The van der Waals surface area contributed by atoms with Gasteiger partial charge < -0.3 is 24.6 Å². The third-order valence-corrected chi connectivity index (χ3v) is 4.98. The molecule has 0 spiro atoms. The van der Waals surface area contributed by atoms with Crippen LogP contribution < -0.4 is 19.7 Å². The van der Waals surface area contributed by atoms with E-state index in [0.717, 1.165) is 37.3 Å². The van der Waals surface area contributed by atoms with Gasteiger partial charge in [0.2, 0.25) is 5.91 Å². The number of hydrogen-bond donors (Lipinski definition) is 2. The van der Waals surface area contributed by atoms with Gasteiger partial charge >= 0.3 is 0 Å². The molecule has 2 N–H and O–H groups in total. The van der Waals surface area contributed by atoms with E-state index in [0.29, 0.717) is 19.8 Å². The molecule has 142 valence electrons. The maximum atomic E-state index is 12.2. The first-order valence-electron chi connectivity index (χ1n) is 9.25. The standard InChI is InChI=1S/C19H27N3O4/c1-21(2)19(24)12-20-18(23)13-22-8-3-5-15(22)14-6-7-16-17(11-14)26-10-4-9-25-16/h6-7,11,15H,3-5,8-10,12-13H2,1-2H3,(H,20,23)/p+1/t15-/m1/s1. The second-order valence-corrected chi connectivity index (χ2v) is 7.10. The minimum Gasteiger partial charge on any atom is -0.490 e. The minimum absolute atomic E-state index is 0.0494. The molecule has 26 heavy (non-hydrogen) atoms. The van der Waals surface area contributed by atoms with E-state index >= 15 is 0 Å². The molecule has 1 saturated heterocycles. The van der Waals surface area contributed by atoms with Crippen LogP contribution in [0.25, 0.3) is 0 Å². The summed E-state index contributed by atoms with van der Waals surface area (Å²) in [6.07, 6.45) is 3.01. The van der Waals surface area contributed by atoms with Gasteiger partial charge in [-0.2, -0.15) is 0 Å². The summed E-state index contributed by atoms with van der Waals surface area (Å²) >= 11 is 0. The van der Waals surface area contributed by atoms with Crippen molar-refractivity contribution in [1.82, 2.24) is 10.2 Å². The number of fused-ring (bicyclic) bond motifs is 1. The lowest BCUT2D eigenvalue weighted by atomic mass is 10.0. The molecule has 2 atom stereocenters. The Morgan fingerprint density at radius 1 is 1.19 bits per heavy atom. The largest absolute Gasteiger partial charge is 0.490 e. The summed E-state index contributed by atoms with van der Waals surface area (Å²) in [6, 6.07) is 6.38. The first-order valence-corrected chi connectivity index (χ1v) is 9.25. The highest BCUT2D eigenvalue weighted by Crippen LogP contribution is 2.33. The monoisotopic (exact) mass is 362 g/mol. The van der Waals surface area contributed by atoms with Crippen molar-refractivity contribution in [3.05, 3.63) is 23.8 Å². The number of rotatable bonds is 5. The quantitative estimate of drug-likeness (QED) is 0.759. The molecule has 1 unspecified atom stereocenters. The molecule has 1 fully saturated rings. The first-order chi connectivity index (χ1) is 12.5. The number of carbonyl (C=O) groups is 2. The number of quaternary nitrogens is 1. The van der Waals surface area contributed by atoms with E-state index in [2.05, 4.69) is 17.4 Å². The lowest BCUT2D eigenvalue weighted by molar-refractivity contribution is -0.910. The summed E-state index contributed by atoms with van der Waals surface area (Å²) in [5.41, 5.74) is 1.18. The molecule has 1 aromatic rings. The molecule has 7 nitrogen and oxygen atoms in total. The van der Waals surface area contributed by atoms with Crippen molar-refractivity contribution in [2.24, 2.45) is 0 Å². The van der Waals surface area contributed by atoms with Gasteiger partial charge in [-0.15, -0.1) is 0 Å². The van der Waals surface area contributed by atoms with Gasteiger partial charge in [-0.05, 0) is 18.2 Å². The molecule has 3 rings (SSSR count). The molecule has 2 amide bonds. The van der Waals surface area contributed by atoms with E-state index in [9.17, 15) is 9.59 Å². The van der Waals surface area contributed by atoms with Crippen molar-refractivity contribution in [1.29, 1.82) is 0 Å². The molecular formula is C19H28N3O4+. The molecule has 1 aromatic carbocycles. The van der Waals surface area contributed by atoms with Gasteiger partial charge in [-0.3, -0.25) is 9.59 Å². The summed E-state index contributed by atoms with van der Waals surface area (Å²) in [6.45, 7) is 2.72. The Balaban J connectivity index is 1.62. The van der Waals surface area contributed by atoms with Crippen LogP contribution in [0, 0.1) is 0 Å². The van der Waals surface area contributed by atoms with Crippen LogP contribution in [-0.2, 0) is 9.59 Å². The predicted octanol–water partition coefficient (Wildman–Crippen LogP) is -0.228. The molecule has 2 heterocycles. The van der Waals surface area contributed by atoms with E-state index in [1.807, 2.05) is 6.07 Å². The number of nitrogens with one attached hydrogen (secondary N) is 2. The molecular weight excluding hydrogens is 334 g/mol. The van der Waals surface area contributed by atoms with Crippen molar-refractivity contribution >= 4 is 11.8 Å². The molecule has 0 aromatic heterocycles. The van der Waals surface area contributed by atoms with Gasteiger partial charge in [0.1, 0.15) is 6.04 Å². The third kappa shape index (κ3) is 4.46. The summed E-state index contributed by atoms with van der Waals surface area (Å²) in [4.78, 5) is 26.6. The normalized spacial score (nSPS) is 21.8. The number of hydrogen-bond acceptors (Lipinski definition) is 4. The van der Waals surface area contributed by atoms with Crippen LogP contribution in [0.5, 0.6) is 11.5 Å². The summed E-state index contributed by atoms with van der Waals surface area (Å²) in [7, 11) is 3.36. The van der Waals surface area contributed by atoms with Crippen LogP contribution in [0.1, 0.15) is 30.9 Å². The molecule has 0 radical (unpaired) electrons. The van der Waals surface area contributed by atoms with Gasteiger partial charge in [0.15, 0.2) is 18.0 Å². The van der Waals surface area contributed by atoms with Crippen molar-refractivity contribution in [2.75, 3.05) is 46.9 Å². The Bertz CT molecular complexity index is 662. The van der Waals surface area contributed by atoms with Gasteiger partial charge in [-0.25, -0.2) is 0 Å². The number of nitrogens with zero attached hydrogens (tertiary/aromatic N) is 1. The van der Waals surface area contributed by atoms with Gasteiger partial charge in [0.25, 0.3) is 5.91 Å². The average molecular weight is 362 g/mol. The van der Waals surface area contributed by atoms with Crippen molar-refractivity contribution in [2.45, 2.75) is 25.3 Å². The van der Waals surface area contributed by atoms with E-state index in [1.54, 1.807) is 14.1 Å². The molecule has 0 aliphatic carbocycles. The zero-order chi connectivity index (χ0) is 18.5. The molecule has 7 heteroatoms. The van der Waals surface area contributed by atoms with E-state index in [4.69, 9.17) is 9.47 Å². The van der Waals surface area contributed by atoms with Crippen molar-refractivity contribution < 1.29 is 24.0 Å². The van der Waals surface area contributed by atoms with E-state index < -0.39 is 0 Å². The van der Waals surface area contributed by atoms with Crippen LogP contribution in [0.4, 0.5) is 0 Å². The number of likely N-dealkylation sites (tertiary alicyclic amines) is 1. The van der Waals surface area contributed by atoms with Crippen molar-refractivity contribution in [3.63, 3.8) is 0 Å². The SMILES string of the molecule is CN(C)C(=O)CNC(=O)C[NH+]1CCC[C@@H]1c1ccc2c(c1)OCCCO2. The lowest BCUT2D eigenvalue weighted by Crippen LogP contribution is -3.11. The van der Waals surface area contributed by atoms with Crippen molar-refractivity contribution in [3.8, 4) is 11.5 Å². The molecule has 0 bridgehead atoms. The van der Waals surface area contributed by atoms with Gasteiger partial charge in [0.05, 0.1) is 26.3 Å². The Kier molecular flexibility index (Phi) is 5.98. The zero-order valence-corrected chi connectivity index (χ0v) is 15.5. The highest BCUT2D eigenvalue weighted by Gasteiger charge is 2.32. The highest BCUT2D eigenvalue weighted by atomic mass is 16.5. The number of carbonyl (C=O) groups excluding carboxylic acids is 2. The second-order valence-electron chi connectivity index (χ2n) is 7.10. The second kappa shape index (κ2) is 8.40. The molecule has 2 aliphatic heterocycles. The van der Waals surface area contributed by atoms with Crippen LogP contribution in [0.15, 0.2) is 18.2 Å². The fourth-order valence-electron chi connectivity index (χ4n) is 3.52. The smallest absolute Gasteiger partial charge is 0.275 e. The van der Waals surface area contributed by atoms with Crippen LogP contribution >= 0.6 is 0 Å². The minimum atomic E-state index is -0.103. The maximum absolute atomic E-state index is 12.2. The summed E-state index contributed by atoms with van der Waals surface area (Å²) in [5.74, 6) is 1.41. The topological polar surface area (TPSA) is 72.3 Å². The average Bonchev–Trinajstić information content (AvgIpc) is 2.95. The number of likely N-dealkylation sites (N-methyl/N-ethyl adjacent to an activating group) is 1. The van der Waals surface area contributed by atoms with Crippen LogP contribution in [0.3, 0.4) is 0 Å². The van der Waals surface area contributed by atoms with E-state index in [-0.39, 0.29) is 24.4 Å². The van der Waals surface area contributed by atoms with Crippen LogP contribution in [0.2, 0.25) is 0 Å². The van der Waals surface area contributed by atoms with Crippen LogP contribution in [-0.4, -0.2) is 63.7 Å². The molecule has 2 aliphatic rings. The predicted molar refractivity (Wildman–Crippen MR) is 96.4 cm³/mol. The fourth-order valence-corrected chi connectivity index (χ4v) is 3.52. The van der Waals surface area contributed by atoms with E-state index in [1.165, 1.54) is 15.4 Å². The number of amides is 2. The number of ether oxygens (including phenoxy) is 2.